The molecule has 2 heterocycles. The Labute approximate surface area is 90.7 Å². The normalized spacial score (nSPS) is 14.6. The summed E-state index contributed by atoms with van der Waals surface area (Å²) in [5, 5.41) is 0. The molecule has 0 atom stereocenters. The molecule has 0 aliphatic carbocycles. The number of amides is 2. The van der Waals surface area contributed by atoms with E-state index in [1.54, 1.807) is 6.07 Å². The fraction of sp³-hybridized carbons (Fsp3) is 0.0909. The predicted octanol–water partition coefficient (Wildman–Crippen LogP) is 0.180. The Hall–Kier alpha value is -2.30. The van der Waals surface area contributed by atoms with Gasteiger partial charge in [-0.05, 0) is 11.6 Å². The van der Waals surface area contributed by atoms with E-state index in [1.807, 2.05) is 12.1 Å². The van der Waals surface area contributed by atoms with Crippen LogP contribution in [0.1, 0.15) is 26.3 Å². The van der Waals surface area contributed by atoms with Crippen LogP contribution in [0.4, 0.5) is 0 Å². The highest BCUT2D eigenvalue weighted by Crippen LogP contribution is 2.33. The van der Waals surface area contributed by atoms with E-state index in [-0.39, 0.29) is 24.4 Å². The van der Waals surface area contributed by atoms with Gasteiger partial charge in [-0.1, -0.05) is 12.1 Å². The average Bonchev–Trinajstić information content (AvgIpc) is 2.76. The molecule has 0 fully saturated rings. The van der Waals surface area contributed by atoms with E-state index in [9.17, 15) is 9.59 Å². The first-order valence-electron chi connectivity index (χ1n) is 4.57. The van der Waals surface area contributed by atoms with E-state index in [2.05, 4.69) is 0 Å². The first-order valence-corrected chi connectivity index (χ1v) is 4.57. The van der Waals surface area contributed by atoms with Gasteiger partial charge in [0, 0.05) is 0 Å². The summed E-state index contributed by atoms with van der Waals surface area (Å²) < 4.78 is 0. The number of benzene rings is 1. The summed E-state index contributed by atoms with van der Waals surface area (Å²) in [6.07, 6.45) is 0.389. The third kappa shape index (κ3) is 1.25. The zero-order chi connectivity index (χ0) is 11.7. The van der Waals surface area contributed by atoms with Gasteiger partial charge in [0.1, 0.15) is 0 Å². The van der Waals surface area contributed by atoms with Crippen molar-refractivity contribution >= 4 is 24.4 Å². The maximum absolute atomic E-state index is 11.4. The molecule has 0 saturated heterocycles. The number of imide groups is 1. The second-order valence-corrected chi connectivity index (χ2v) is 3.31. The number of hydrogen-bond acceptors (Lipinski definition) is 4. The van der Waals surface area contributed by atoms with E-state index in [0.29, 0.717) is 17.7 Å². The molecule has 1 aromatic carbocycles. The van der Waals surface area contributed by atoms with Gasteiger partial charge in [0.25, 0.3) is 11.8 Å². The SMILES string of the molecule is O=C1c2cccc3c2C(=O)N1C3.O=CC=O. The summed E-state index contributed by atoms with van der Waals surface area (Å²) in [5.74, 6) is -0.256. The number of carbonyl (C=O) groups is 4. The van der Waals surface area contributed by atoms with Crippen LogP contribution in [0.25, 0.3) is 0 Å². The van der Waals surface area contributed by atoms with Crippen molar-refractivity contribution in [2.24, 2.45) is 0 Å². The van der Waals surface area contributed by atoms with Gasteiger partial charge in [0.15, 0.2) is 12.6 Å². The third-order valence-corrected chi connectivity index (χ3v) is 2.47. The van der Waals surface area contributed by atoms with Crippen LogP contribution in [0, 0.1) is 0 Å². The molecule has 80 valence electrons. The van der Waals surface area contributed by atoms with E-state index in [4.69, 9.17) is 9.59 Å². The molecule has 0 unspecified atom stereocenters. The van der Waals surface area contributed by atoms with Gasteiger partial charge in [-0.25, -0.2) is 0 Å². The highest BCUT2D eigenvalue weighted by molar-refractivity contribution is 6.23. The van der Waals surface area contributed by atoms with Crippen molar-refractivity contribution in [3.05, 3.63) is 34.9 Å². The molecule has 1 aromatic rings. The minimum Gasteiger partial charge on any atom is -0.295 e. The van der Waals surface area contributed by atoms with Crippen molar-refractivity contribution < 1.29 is 19.2 Å². The summed E-state index contributed by atoms with van der Waals surface area (Å²) in [6.45, 7) is 0.473. The van der Waals surface area contributed by atoms with Crippen molar-refractivity contribution in [2.45, 2.75) is 6.54 Å². The fourth-order valence-electron chi connectivity index (χ4n) is 1.85. The highest BCUT2D eigenvalue weighted by Gasteiger charge is 2.42. The Balaban J connectivity index is 0.000000212. The van der Waals surface area contributed by atoms with Crippen molar-refractivity contribution in [2.75, 3.05) is 0 Å². The molecule has 2 bridgehead atoms. The molecule has 0 spiro atoms. The maximum Gasteiger partial charge on any atom is 0.262 e. The number of rotatable bonds is 1. The standard InChI is InChI=1S/C9H5NO2.C2H2O2/c11-8-6-3-1-2-5-4-10(8)9(12)7(5)6;3-1-2-4/h1-3H,4H2;1-2H. The van der Waals surface area contributed by atoms with Gasteiger partial charge < -0.3 is 0 Å². The Bertz CT molecular complexity index is 493. The van der Waals surface area contributed by atoms with Crippen LogP contribution in [0.5, 0.6) is 0 Å². The maximum atomic E-state index is 11.4. The molecular weight excluding hydrogens is 210 g/mol. The lowest BCUT2D eigenvalue weighted by atomic mass is 10.0. The molecule has 16 heavy (non-hydrogen) atoms. The number of nitrogens with zero attached hydrogens (tertiary/aromatic N) is 1. The fourth-order valence-corrected chi connectivity index (χ4v) is 1.85. The Kier molecular flexibility index (Phi) is 2.36. The van der Waals surface area contributed by atoms with Crippen LogP contribution in [-0.4, -0.2) is 29.3 Å². The topological polar surface area (TPSA) is 71.5 Å². The molecule has 0 radical (unpaired) electrons. The van der Waals surface area contributed by atoms with Crippen LogP contribution < -0.4 is 0 Å². The van der Waals surface area contributed by atoms with Crippen molar-refractivity contribution in [1.29, 1.82) is 0 Å². The Morgan fingerprint density at radius 2 is 1.75 bits per heavy atom. The van der Waals surface area contributed by atoms with E-state index in [1.165, 1.54) is 4.90 Å². The predicted molar refractivity (Wildman–Crippen MR) is 52.8 cm³/mol. The largest absolute Gasteiger partial charge is 0.295 e. The van der Waals surface area contributed by atoms with Gasteiger partial charge in [-0.15, -0.1) is 0 Å². The number of fused-ring (bicyclic) bond motifs is 1. The lowest BCUT2D eigenvalue weighted by Crippen LogP contribution is -2.25. The molecule has 0 saturated carbocycles. The monoisotopic (exact) mass is 217 g/mol. The molecule has 0 N–H and O–H groups in total. The quantitative estimate of drug-likeness (QED) is 0.382. The van der Waals surface area contributed by atoms with Gasteiger partial charge in [0.2, 0.25) is 0 Å². The van der Waals surface area contributed by atoms with Crippen LogP contribution in [0.2, 0.25) is 0 Å². The molecular formula is C11H7NO4. The van der Waals surface area contributed by atoms with Crippen molar-refractivity contribution in [3.63, 3.8) is 0 Å². The summed E-state index contributed by atoms with van der Waals surface area (Å²) in [4.78, 5) is 41.6. The zero-order valence-corrected chi connectivity index (χ0v) is 8.17. The first-order chi connectivity index (χ1) is 7.70. The minimum atomic E-state index is -0.136. The Morgan fingerprint density at radius 1 is 1.06 bits per heavy atom. The zero-order valence-electron chi connectivity index (χ0n) is 8.17. The van der Waals surface area contributed by atoms with Crippen molar-refractivity contribution in [3.8, 4) is 0 Å². The van der Waals surface area contributed by atoms with Gasteiger partial charge in [0.05, 0.1) is 17.7 Å². The summed E-state index contributed by atoms with van der Waals surface area (Å²) in [5.41, 5.74) is 2.18. The third-order valence-electron chi connectivity index (χ3n) is 2.47. The smallest absolute Gasteiger partial charge is 0.262 e. The number of aldehydes is 2. The van der Waals surface area contributed by atoms with E-state index in [0.717, 1.165) is 5.56 Å². The van der Waals surface area contributed by atoms with Crippen LogP contribution >= 0.6 is 0 Å². The minimum absolute atomic E-state index is 0.120. The molecule has 2 aliphatic heterocycles. The lowest BCUT2D eigenvalue weighted by Gasteiger charge is -2.11. The second-order valence-electron chi connectivity index (χ2n) is 3.31. The Morgan fingerprint density at radius 3 is 2.25 bits per heavy atom. The van der Waals surface area contributed by atoms with E-state index >= 15 is 0 Å². The molecule has 2 amide bonds. The average molecular weight is 217 g/mol. The van der Waals surface area contributed by atoms with Gasteiger partial charge in [-0.3, -0.25) is 24.1 Å². The van der Waals surface area contributed by atoms with Gasteiger partial charge >= 0.3 is 0 Å². The summed E-state index contributed by atoms with van der Waals surface area (Å²) in [7, 11) is 0. The first kappa shape index (κ1) is 10.2. The molecule has 3 rings (SSSR count). The summed E-state index contributed by atoms with van der Waals surface area (Å²) >= 11 is 0. The molecule has 5 nitrogen and oxygen atoms in total. The summed E-state index contributed by atoms with van der Waals surface area (Å²) in [6, 6.07) is 5.42. The number of carbonyl (C=O) groups excluding carboxylic acids is 4. The van der Waals surface area contributed by atoms with Gasteiger partial charge in [-0.2, -0.15) is 0 Å². The lowest BCUT2D eigenvalue weighted by molar-refractivity contribution is -0.122. The highest BCUT2D eigenvalue weighted by atomic mass is 16.2. The van der Waals surface area contributed by atoms with Crippen LogP contribution in [0.3, 0.4) is 0 Å². The molecule has 2 aliphatic rings. The van der Waals surface area contributed by atoms with E-state index < -0.39 is 0 Å². The van der Waals surface area contributed by atoms with Crippen LogP contribution in [-0.2, 0) is 16.1 Å². The van der Waals surface area contributed by atoms with Crippen molar-refractivity contribution in [1.82, 2.24) is 4.90 Å². The van der Waals surface area contributed by atoms with Crippen LogP contribution in [0.15, 0.2) is 18.2 Å². The molecule has 5 heteroatoms. The number of hydrogen-bond donors (Lipinski definition) is 0. The second kappa shape index (κ2) is 3.69. The molecule has 0 aromatic heterocycles.